The zero-order chi connectivity index (χ0) is 27.9. The Hall–Kier alpha value is -3.72. The Balaban J connectivity index is 1.27. The molecule has 2 fully saturated rings. The number of halogens is 3. The Bertz CT molecular complexity index is 1240. The van der Waals surface area contributed by atoms with E-state index in [1.54, 1.807) is 6.07 Å². The van der Waals surface area contributed by atoms with Crippen LogP contribution < -0.4 is 25.2 Å². The second kappa shape index (κ2) is 10.1. The molecule has 2 aromatic heterocycles. The molecular formula is C24H28F3N7O5. The molecule has 39 heavy (non-hydrogen) atoms. The highest BCUT2D eigenvalue weighted by Gasteiger charge is 2.41. The first-order chi connectivity index (χ1) is 18.4. The third-order valence-electron chi connectivity index (χ3n) is 6.59. The summed E-state index contributed by atoms with van der Waals surface area (Å²) in [6.45, 7) is 6.30. The maximum absolute atomic E-state index is 13.3. The number of nitrogens with zero attached hydrogens (tertiary/aromatic N) is 5. The van der Waals surface area contributed by atoms with Crippen LogP contribution in [0.1, 0.15) is 37.7 Å². The second-order valence-electron chi connectivity index (χ2n) is 9.97. The lowest BCUT2D eigenvalue weighted by Crippen LogP contribution is -2.49. The van der Waals surface area contributed by atoms with E-state index in [0.29, 0.717) is 31.8 Å². The van der Waals surface area contributed by atoms with Gasteiger partial charge in [0.15, 0.2) is 17.4 Å². The average Bonchev–Trinajstić information content (AvgIpc) is 3.45. The molecule has 2 aromatic rings. The summed E-state index contributed by atoms with van der Waals surface area (Å²) >= 11 is 0. The predicted molar refractivity (Wildman–Crippen MR) is 132 cm³/mol. The highest BCUT2D eigenvalue weighted by atomic mass is 19.4. The number of aromatic nitrogens is 3. The van der Waals surface area contributed by atoms with Gasteiger partial charge in [0, 0.05) is 13.1 Å². The van der Waals surface area contributed by atoms with Crippen LogP contribution in [-0.4, -0.2) is 83.3 Å². The van der Waals surface area contributed by atoms with Gasteiger partial charge in [-0.2, -0.15) is 13.2 Å². The third-order valence-corrected chi connectivity index (χ3v) is 6.59. The number of amides is 3. The molecule has 0 spiro atoms. The van der Waals surface area contributed by atoms with Crippen LogP contribution in [0.15, 0.2) is 24.5 Å². The molecule has 0 radical (unpaired) electrons. The van der Waals surface area contributed by atoms with Crippen molar-refractivity contribution >= 4 is 29.3 Å². The van der Waals surface area contributed by atoms with Gasteiger partial charge in [0.1, 0.15) is 24.4 Å². The van der Waals surface area contributed by atoms with Gasteiger partial charge in [-0.05, 0) is 39.3 Å². The number of urea groups is 1. The molecule has 15 heteroatoms. The number of ether oxygens (including phenoxy) is 3. The molecule has 210 valence electrons. The van der Waals surface area contributed by atoms with Gasteiger partial charge in [-0.3, -0.25) is 15.0 Å². The van der Waals surface area contributed by atoms with E-state index < -0.39 is 29.9 Å². The number of anilines is 3. The van der Waals surface area contributed by atoms with Crippen LogP contribution in [-0.2, 0) is 9.47 Å². The molecule has 5 heterocycles. The minimum atomic E-state index is -4.60. The second-order valence-corrected chi connectivity index (χ2v) is 9.97. The summed E-state index contributed by atoms with van der Waals surface area (Å²) in [4.78, 5) is 41.9. The van der Waals surface area contributed by atoms with Crippen LogP contribution in [0.3, 0.4) is 0 Å². The van der Waals surface area contributed by atoms with Crippen LogP contribution in [0, 0.1) is 0 Å². The van der Waals surface area contributed by atoms with Crippen LogP contribution in [0.25, 0.3) is 0 Å². The van der Waals surface area contributed by atoms with E-state index in [-0.39, 0.29) is 42.0 Å². The summed E-state index contributed by atoms with van der Waals surface area (Å²) in [7, 11) is 0. The molecule has 0 aromatic carbocycles. The Kier molecular flexibility index (Phi) is 6.97. The van der Waals surface area contributed by atoms with Crippen molar-refractivity contribution in [2.24, 2.45) is 0 Å². The average molecular weight is 552 g/mol. The van der Waals surface area contributed by atoms with Gasteiger partial charge >= 0.3 is 12.2 Å². The number of hydrogen-bond acceptors (Lipinski definition) is 9. The lowest BCUT2D eigenvalue weighted by Gasteiger charge is -2.35. The van der Waals surface area contributed by atoms with E-state index in [0.717, 1.165) is 6.92 Å². The number of hydrogen-bond donors (Lipinski definition) is 2. The number of pyridine rings is 1. The fourth-order valence-electron chi connectivity index (χ4n) is 4.60. The Morgan fingerprint density at radius 1 is 1.26 bits per heavy atom. The molecule has 5 rings (SSSR count). The maximum Gasteiger partial charge on any atom is 0.408 e. The lowest BCUT2D eigenvalue weighted by atomic mass is 10.1. The van der Waals surface area contributed by atoms with E-state index >= 15 is 0 Å². The molecular weight excluding hydrogens is 523 g/mol. The number of carbonyl (C=O) groups excluding carboxylic acids is 2. The molecule has 2 saturated heterocycles. The Labute approximate surface area is 221 Å². The van der Waals surface area contributed by atoms with Crippen molar-refractivity contribution in [3.05, 3.63) is 30.2 Å². The summed E-state index contributed by atoms with van der Waals surface area (Å²) in [5.41, 5.74) is 0.377. The number of fused-ring (bicyclic) bond motifs is 4. The number of nitrogens with one attached hydrogen (secondary N) is 2. The van der Waals surface area contributed by atoms with Gasteiger partial charge in [0.2, 0.25) is 5.88 Å². The van der Waals surface area contributed by atoms with Crippen molar-refractivity contribution in [3.8, 4) is 5.88 Å². The summed E-state index contributed by atoms with van der Waals surface area (Å²) in [6.07, 6.45) is -1.50. The molecule has 1 unspecified atom stereocenters. The molecule has 3 aliphatic heterocycles. The third kappa shape index (κ3) is 5.83. The molecule has 3 atom stereocenters. The molecule has 0 aliphatic carbocycles. The van der Waals surface area contributed by atoms with Crippen molar-refractivity contribution in [2.75, 3.05) is 41.4 Å². The zero-order valence-electron chi connectivity index (χ0n) is 21.5. The highest BCUT2D eigenvalue weighted by molar-refractivity contribution is 6.05. The summed E-state index contributed by atoms with van der Waals surface area (Å²) < 4.78 is 55.5. The summed E-state index contributed by atoms with van der Waals surface area (Å²) in [6, 6.07) is 0.0753. The topological polar surface area (TPSA) is 131 Å². The monoisotopic (exact) mass is 551 g/mol. The van der Waals surface area contributed by atoms with Crippen molar-refractivity contribution in [1.29, 1.82) is 0 Å². The van der Waals surface area contributed by atoms with Gasteiger partial charge in [0.05, 0.1) is 30.7 Å². The minimum absolute atomic E-state index is 0.156. The SMILES string of the molecule is C[C@@H](NC(=O)c1ccc2c(n1)N(C(=O)Nc1cnc(OC[C@H]3COC(C)(C)O3)cn1)C1CCN2C1)C(F)(F)F. The van der Waals surface area contributed by atoms with E-state index in [1.807, 2.05) is 24.1 Å². The summed E-state index contributed by atoms with van der Waals surface area (Å²) in [5.74, 6) is -1.08. The highest BCUT2D eigenvalue weighted by Crippen LogP contribution is 2.39. The normalized spacial score (nSPS) is 22.3. The zero-order valence-corrected chi connectivity index (χ0v) is 21.5. The molecule has 0 saturated carbocycles. The van der Waals surface area contributed by atoms with Crippen LogP contribution in [0.5, 0.6) is 5.88 Å². The van der Waals surface area contributed by atoms with Crippen molar-refractivity contribution in [3.63, 3.8) is 0 Å². The van der Waals surface area contributed by atoms with Gasteiger partial charge < -0.3 is 24.4 Å². The predicted octanol–water partition coefficient (Wildman–Crippen LogP) is 2.71. The van der Waals surface area contributed by atoms with Crippen LogP contribution in [0.2, 0.25) is 0 Å². The van der Waals surface area contributed by atoms with Crippen molar-refractivity contribution in [1.82, 2.24) is 20.3 Å². The molecule has 3 aliphatic rings. The van der Waals surface area contributed by atoms with Gasteiger partial charge in [-0.1, -0.05) is 0 Å². The van der Waals surface area contributed by atoms with Crippen molar-refractivity contribution < 1.29 is 37.0 Å². The molecule has 12 nitrogen and oxygen atoms in total. The summed E-state index contributed by atoms with van der Waals surface area (Å²) in [5, 5.41) is 4.57. The van der Waals surface area contributed by atoms with E-state index in [9.17, 15) is 22.8 Å². The van der Waals surface area contributed by atoms with Crippen LogP contribution in [0.4, 0.5) is 35.3 Å². The van der Waals surface area contributed by atoms with E-state index in [2.05, 4.69) is 20.3 Å². The smallest absolute Gasteiger partial charge is 0.408 e. The van der Waals surface area contributed by atoms with Gasteiger partial charge in [-0.25, -0.2) is 19.7 Å². The fraction of sp³-hybridized carbons (Fsp3) is 0.542. The first kappa shape index (κ1) is 26.9. The Morgan fingerprint density at radius 3 is 2.72 bits per heavy atom. The fourth-order valence-corrected chi connectivity index (χ4v) is 4.60. The first-order valence-corrected chi connectivity index (χ1v) is 12.4. The van der Waals surface area contributed by atoms with Gasteiger partial charge in [0.25, 0.3) is 5.91 Å². The molecule has 3 amide bonds. The largest absolute Gasteiger partial charge is 0.474 e. The van der Waals surface area contributed by atoms with E-state index in [1.165, 1.54) is 23.4 Å². The lowest BCUT2D eigenvalue weighted by molar-refractivity contribution is -0.149. The Morgan fingerprint density at radius 2 is 2.05 bits per heavy atom. The van der Waals surface area contributed by atoms with Crippen molar-refractivity contribution in [2.45, 2.75) is 57.3 Å². The molecule has 2 N–H and O–H groups in total. The number of rotatable bonds is 6. The van der Waals surface area contributed by atoms with E-state index in [4.69, 9.17) is 14.2 Å². The number of alkyl halides is 3. The minimum Gasteiger partial charge on any atom is -0.474 e. The molecule has 2 bridgehead atoms. The maximum atomic E-state index is 13.3. The number of carbonyl (C=O) groups is 2. The van der Waals surface area contributed by atoms with Gasteiger partial charge in [-0.15, -0.1) is 0 Å². The van der Waals surface area contributed by atoms with Crippen LogP contribution >= 0.6 is 0 Å². The quantitative estimate of drug-likeness (QED) is 0.556. The first-order valence-electron chi connectivity index (χ1n) is 12.4. The standard InChI is InChI=1S/C24H28F3N7O5/c1-13(24(25,26)27)30-21(35)16-4-5-17-20(31-16)34(14-6-7-33(17)10-14)22(36)32-18-8-29-19(9-28-18)37-11-15-12-38-23(2,3)39-15/h4-5,8-9,13-15H,6-7,10-12H2,1-3H3,(H,30,35)(H,28,32,36)/t13-,14?,15+/m1/s1.